The van der Waals surface area contributed by atoms with E-state index in [4.69, 9.17) is 19.2 Å². The van der Waals surface area contributed by atoms with Crippen molar-refractivity contribution in [3.05, 3.63) is 95.3 Å². The quantitative estimate of drug-likeness (QED) is 0.0823. The molecule has 9 rings (SSSR count). The third kappa shape index (κ3) is 10.4. The second-order valence-corrected chi connectivity index (χ2v) is 18.4. The van der Waals surface area contributed by atoms with Crippen molar-refractivity contribution in [2.75, 3.05) is 77.5 Å². The molecule has 4 fully saturated rings. The lowest BCUT2D eigenvalue weighted by Crippen LogP contribution is -2.58. The van der Waals surface area contributed by atoms with Gasteiger partial charge in [0.15, 0.2) is 12.4 Å². The van der Waals surface area contributed by atoms with Gasteiger partial charge in [0, 0.05) is 57.4 Å². The summed E-state index contributed by atoms with van der Waals surface area (Å²) in [6.07, 6.45) is 10.8. The molecule has 346 valence electrons. The third-order valence-corrected chi connectivity index (χ3v) is 14.1. The number of aliphatic carboxylic acids is 1. The van der Waals surface area contributed by atoms with E-state index in [0.717, 1.165) is 67.8 Å². The highest BCUT2D eigenvalue weighted by Crippen LogP contribution is 2.40. The first-order valence-corrected chi connectivity index (χ1v) is 23.7. The monoisotopic (exact) mass is 889 g/mol. The zero-order valence-electron chi connectivity index (χ0n) is 37.3. The van der Waals surface area contributed by atoms with E-state index in [1.165, 1.54) is 24.8 Å². The van der Waals surface area contributed by atoms with Crippen LogP contribution in [-0.4, -0.2) is 142 Å². The van der Waals surface area contributed by atoms with Crippen molar-refractivity contribution >= 4 is 23.5 Å². The SMILES string of the molecule is O=C1COc2c(CCNCCN3CCC(OCCc4cccc(CN5CCC6(CC5)CN(C(=O)c5cnc(-c7ccccc7)n5C5CCCCC5)CCO6)c4)[C@H]3C(=O)O)ccc(O)c2N1. The number of fused-ring (bicyclic) bond motifs is 1. The van der Waals surface area contributed by atoms with Crippen LogP contribution < -0.4 is 15.4 Å². The number of aromatic nitrogens is 2. The summed E-state index contributed by atoms with van der Waals surface area (Å²) in [4.78, 5) is 49.8. The van der Waals surface area contributed by atoms with E-state index in [1.807, 2.05) is 28.0 Å². The fraction of sp³-hybridized carbons (Fsp3) is 0.520. The fourth-order valence-electron chi connectivity index (χ4n) is 10.6. The summed E-state index contributed by atoms with van der Waals surface area (Å²) >= 11 is 0. The topological polar surface area (TPSA) is 171 Å². The molecule has 1 saturated carbocycles. The standard InChI is InChI=1S/C50H63N7O8/c58-41-15-14-37(46-44(41)53-43(59)33-64-46)16-21-51-22-26-55-23-17-42(45(55)49(61)62)63-28-18-35-8-7-9-36(30-35)32-54-24-19-50(20-25-54)34-56(27-29-65-50)48(60)40-31-52-47(38-10-3-1-4-11-38)57(40)39-12-5-2-6-13-39/h1,3-4,7-11,14-15,30-31,39,42,45,51,58H,2,5-6,12-13,16-29,32-34H2,(H,53,59)(H,61,62)/t42?,45-/m0/s1. The molecule has 0 bridgehead atoms. The molecule has 0 radical (unpaired) electrons. The molecule has 1 spiro atoms. The number of morpholine rings is 1. The van der Waals surface area contributed by atoms with Gasteiger partial charge in [-0.25, -0.2) is 4.98 Å². The lowest BCUT2D eigenvalue weighted by atomic mass is 9.89. The number of carboxylic acids is 1. The van der Waals surface area contributed by atoms with Crippen molar-refractivity contribution in [2.24, 2.45) is 0 Å². The average molecular weight is 890 g/mol. The number of ether oxygens (including phenoxy) is 3. The molecule has 2 atom stereocenters. The van der Waals surface area contributed by atoms with Gasteiger partial charge in [0.05, 0.1) is 37.7 Å². The Morgan fingerprint density at radius 2 is 1.74 bits per heavy atom. The summed E-state index contributed by atoms with van der Waals surface area (Å²) in [6, 6.07) is 21.8. The highest BCUT2D eigenvalue weighted by atomic mass is 16.5. The summed E-state index contributed by atoms with van der Waals surface area (Å²) in [5.74, 6) is 0.232. The molecule has 3 aromatic carbocycles. The Kier molecular flexibility index (Phi) is 14.1. The second-order valence-electron chi connectivity index (χ2n) is 18.4. The molecule has 15 heteroatoms. The first-order valence-electron chi connectivity index (χ1n) is 23.7. The maximum Gasteiger partial charge on any atom is 0.323 e. The Balaban J connectivity index is 0.724. The van der Waals surface area contributed by atoms with Crippen molar-refractivity contribution in [1.29, 1.82) is 0 Å². The molecule has 15 nitrogen and oxygen atoms in total. The maximum absolute atomic E-state index is 14.4. The predicted molar refractivity (Wildman–Crippen MR) is 245 cm³/mol. The normalized spacial score (nSPS) is 21.5. The number of anilines is 1. The smallest absolute Gasteiger partial charge is 0.323 e. The first-order chi connectivity index (χ1) is 31.7. The number of nitrogens with one attached hydrogen (secondary N) is 2. The Morgan fingerprint density at radius 3 is 2.55 bits per heavy atom. The number of imidazole rings is 1. The molecule has 3 saturated heterocycles. The number of aromatic hydroxyl groups is 1. The van der Waals surface area contributed by atoms with Crippen molar-refractivity contribution in [3.8, 4) is 22.9 Å². The van der Waals surface area contributed by atoms with Gasteiger partial charge in [-0.2, -0.15) is 0 Å². The number of nitrogens with zero attached hydrogens (tertiary/aromatic N) is 5. The predicted octanol–water partition coefficient (Wildman–Crippen LogP) is 5.52. The summed E-state index contributed by atoms with van der Waals surface area (Å²) < 4.78 is 20.6. The summed E-state index contributed by atoms with van der Waals surface area (Å²) in [7, 11) is 0. The zero-order valence-corrected chi connectivity index (χ0v) is 37.3. The molecule has 5 aliphatic rings. The Labute approximate surface area is 381 Å². The summed E-state index contributed by atoms with van der Waals surface area (Å²) in [6.45, 7) is 7.10. The van der Waals surface area contributed by atoms with Gasteiger partial charge in [0.25, 0.3) is 11.8 Å². The Hall–Kier alpha value is -5.32. The number of hydrogen-bond acceptors (Lipinski definition) is 11. The van der Waals surface area contributed by atoms with Crippen LogP contribution in [0.2, 0.25) is 0 Å². The zero-order chi connectivity index (χ0) is 44.8. The van der Waals surface area contributed by atoms with Crippen LogP contribution in [0.4, 0.5) is 5.69 Å². The number of phenols is 1. The number of piperidine rings is 1. The van der Waals surface area contributed by atoms with Gasteiger partial charge >= 0.3 is 5.97 Å². The van der Waals surface area contributed by atoms with Gasteiger partial charge in [0.2, 0.25) is 0 Å². The first kappa shape index (κ1) is 44.9. The Bertz CT molecular complexity index is 2290. The number of carboxylic acid groups (broad SMARTS) is 1. The number of rotatable bonds is 16. The molecule has 4 N–H and O–H groups in total. The van der Waals surface area contributed by atoms with Crippen LogP contribution in [0.3, 0.4) is 0 Å². The van der Waals surface area contributed by atoms with Crippen LogP contribution in [0.5, 0.6) is 11.5 Å². The van der Waals surface area contributed by atoms with Crippen molar-refractivity contribution < 1.29 is 38.8 Å². The van der Waals surface area contributed by atoms with Crippen LogP contribution in [0.15, 0.2) is 72.9 Å². The summed E-state index contributed by atoms with van der Waals surface area (Å²) in [5, 5.41) is 26.4. The molecule has 65 heavy (non-hydrogen) atoms. The highest BCUT2D eigenvalue weighted by molar-refractivity contribution is 5.97. The number of phenolic OH excluding ortho intramolecular Hbond substituents is 1. The van der Waals surface area contributed by atoms with Crippen molar-refractivity contribution in [1.82, 2.24) is 29.6 Å². The van der Waals surface area contributed by atoms with Crippen molar-refractivity contribution in [3.63, 3.8) is 0 Å². The van der Waals surface area contributed by atoms with Crippen LogP contribution in [0, 0.1) is 0 Å². The molecule has 4 aromatic rings. The number of likely N-dealkylation sites (tertiary alicyclic amines) is 2. The van der Waals surface area contributed by atoms with Gasteiger partial charge in [-0.15, -0.1) is 0 Å². The molecule has 2 amide bonds. The van der Waals surface area contributed by atoms with E-state index in [2.05, 4.69) is 56.5 Å². The maximum atomic E-state index is 14.4. The van der Waals surface area contributed by atoms with Crippen LogP contribution in [0.1, 0.15) is 84.6 Å². The third-order valence-electron chi connectivity index (χ3n) is 14.1. The molecule has 4 aliphatic heterocycles. The van der Waals surface area contributed by atoms with E-state index in [9.17, 15) is 24.6 Å². The number of carbonyl (C=O) groups is 3. The van der Waals surface area contributed by atoms with Crippen molar-refractivity contribution in [2.45, 2.75) is 94.5 Å². The van der Waals surface area contributed by atoms with E-state index >= 15 is 0 Å². The minimum absolute atomic E-state index is 0.0296. The number of hydrogen-bond donors (Lipinski definition) is 4. The molecule has 1 unspecified atom stereocenters. The average Bonchev–Trinajstić information content (AvgIpc) is 3.96. The van der Waals surface area contributed by atoms with Gasteiger partial charge < -0.3 is 44.5 Å². The van der Waals surface area contributed by atoms with Crippen LogP contribution in [0.25, 0.3) is 11.4 Å². The van der Waals surface area contributed by atoms with E-state index in [0.29, 0.717) is 88.9 Å². The highest BCUT2D eigenvalue weighted by Gasteiger charge is 2.43. The number of benzene rings is 3. The molecular weight excluding hydrogens is 827 g/mol. The number of amides is 2. The van der Waals surface area contributed by atoms with Gasteiger partial charge in [0.1, 0.15) is 29.0 Å². The molecule has 1 aliphatic carbocycles. The largest absolute Gasteiger partial charge is 0.506 e. The summed E-state index contributed by atoms with van der Waals surface area (Å²) in [5.41, 5.74) is 4.96. The molecule has 5 heterocycles. The van der Waals surface area contributed by atoms with Crippen LogP contribution in [-0.2, 0) is 38.4 Å². The van der Waals surface area contributed by atoms with Gasteiger partial charge in [-0.3, -0.25) is 24.2 Å². The minimum Gasteiger partial charge on any atom is -0.506 e. The fourth-order valence-corrected chi connectivity index (χ4v) is 10.6. The minimum atomic E-state index is -0.870. The number of carbonyl (C=O) groups excluding carboxylic acids is 2. The molecule has 1 aromatic heterocycles. The molecular formula is C50H63N7O8. The lowest BCUT2D eigenvalue weighted by molar-refractivity contribution is -0.146. The van der Waals surface area contributed by atoms with E-state index in [1.54, 1.807) is 18.3 Å². The van der Waals surface area contributed by atoms with Crippen LogP contribution >= 0.6 is 0 Å². The lowest BCUT2D eigenvalue weighted by Gasteiger charge is -2.47. The Morgan fingerprint density at radius 1 is 0.923 bits per heavy atom. The van der Waals surface area contributed by atoms with Gasteiger partial charge in [-0.05, 0) is 74.2 Å². The van der Waals surface area contributed by atoms with Gasteiger partial charge in [-0.1, -0.05) is 79.9 Å². The second kappa shape index (κ2) is 20.5. The van der Waals surface area contributed by atoms with E-state index in [-0.39, 0.29) is 41.9 Å². The van der Waals surface area contributed by atoms with E-state index < -0.39 is 12.0 Å².